The molecule has 106 valence electrons. The van der Waals surface area contributed by atoms with E-state index in [-0.39, 0.29) is 0 Å². The van der Waals surface area contributed by atoms with Crippen LogP contribution in [0, 0.1) is 6.92 Å². The standard InChI is InChI=1S/C19H15N3/c1-14-8-7-11-16-18(14)21-19(15-9-3-2-4-10-15)22(16)17-12-5-6-13-20-17/h2-13H,1H3. The molecule has 2 aromatic carbocycles. The van der Waals surface area contributed by atoms with E-state index in [1.54, 1.807) is 0 Å². The predicted molar refractivity (Wildman–Crippen MR) is 89.0 cm³/mol. The monoisotopic (exact) mass is 285 g/mol. The summed E-state index contributed by atoms with van der Waals surface area (Å²) in [6.45, 7) is 2.09. The molecule has 0 saturated heterocycles. The van der Waals surface area contributed by atoms with Crippen molar-refractivity contribution in [1.82, 2.24) is 14.5 Å². The molecule has 0 atom stereocenters. The molecule has 2 heterocycles. The van der Waals surface area contributed by atoms with Gasteiger partial charge in [-0.15, -0.1) is 0 Å². The molecule has 0 N–H and O–H groups in total. The summed E-state index contributed by atoms with van der Waals surface area (Å²) >= 11 is 0. The Balaban J connectivity index is 2.10. The molecule has 0 amide bonds. The lowest BCUT2D eigenvalue weighted by atomic mass is 10.2. The highest BCUT2D eigenvalue weighted by Gasteiger charge is 2.15. The largest absolute Gasteiger partial charge is 0.276 e. The lowest BCUT2D eigenvalue weighted by Gasteiger charge is -2.08. The number of aryl methyl sites for hydroxylation is 1. The van der Waals surface area contributed by atoms with Crippen molar-refractivity contribution in [2.45, 2.75) is 6.92 Å². The summed E-state index contributed by atoms with van der Waals surface area (Å²) in [5, 5.41) is 0. The van der Waals surface area contributed by atoms with Crippen LogP contribution in [0.2, 0.25) is 0 Å². The smallest absolute Gasteiger partial charge is 0.146 e. The van der Waals surface area contributed by atoms with Gasteiger partial charge in [0.2, 0.25) is 0 Å². The van der Waals surface area contributed by atoms with Crippen molar-refractivity contribution in [1.29, 1.82) is 0 Å². The van der Waals surface area contributed by atoms with E-state index >= 15 is 0 Å². The van der Waals surface area contributed by atoms with Crippen molar-refractivity contribution in [3.05, 3.63) is 78.5 Å². The van der Waals surface area contributed by atoms with E-state index in [0.717, 1.165) is 28.2 Å². The van der Waals surface area contributed by atoms with E-state index in [1.807, 2.05) is 42.6 Å². The fourth-order valence-electron chi connectivity index (χ4n) is 2.74. The quantitative estimate of drug-likeness (QED) is 0.546. The Morgan fingerprint density at radius 3 is 2.41 bits per heavy atom. The molecule has 0 spiro atoms. The zero-order chi connectivity index (χ0) is 14.9. The van der Waals surface area contributed by atoms with Crippen LogP contribution < -0.4 is 0 Å². The lowest BCUT2D eigenvalue weighted by molar-refractivity contribution is 1.03. The summed E-state index contributed by atoms with van der Waals surface area (Å²) in [6.07, 6.45) is 1.81. The molecule has 0 aliphatic heterocycles. The Morgan fingerprint density at radius 2 is 1.64 bits per heavy atom. The first kappa shape index (κ1) is 12.8. The number of para-hydroxylation sites is 1. The molecule has 0 radical (unpaired) electrons. The minimum Gasteiger partial charge on any atom is -0.276 e. The zero-order valence-electron chi connectivity index (χ0n) is 12.3. The van der Waals surface area contributed by atoms with Gasteiger partial charge in [-0.05, 0) is 30.7 Å². The fourth-order valence-corrected chi connectivity index (χ4v) is 2.74. The van der Waals surface area contributed by atoms with Gasteiger partial charge in [-0.2, -0.15) is 0 Å². The molecule has 0 aliphatic rings. The van der Waals surface area contributed by atoms with Crippen LogP contribution in [-0.4, -0.2) is 14.5 Å². The number of fused-ring (bicyclic) bond motifs is 1. The third-order valence-electron chi connectivity index (χ3n) is 3.80. The summed E-state index contributed by atoms with van der Waals surface area (Å²) in [4.78, 5) is 9.39. The van der Waals surface area contributed by atoms with E-state index < -0.39 is 0 Å². The van der Waals surface area contributed by atoms with Crippen molar-refractivity contribution in [3.8, 4) is 17.2 Å². The van der Waals surface area contributed by atoms with Crippen molar-refractivity contribution in [2.75, 3.05) is 0 Å². The van der Waals surface area contributed by atoms with E-state index in [0.29, 0.717) is 0 Å². The van der Waals surface area contributed by atoms with Crippen LogP contribution in [0.25, 0.3) is 28.2 Å². The summed E-state index contributed by atoms with van der Waals surface area (Å²) in [5.41, 5.74) is 4.36. The normalized spacial score (nSPS) is 11.0. The van der Waals surface area contributed by atoms with Crippen molar-refractivity contribution in [3.63, 3.8) is 0 Å². The van der Waals surface area contributed by atoms with Crippen LogP contribution in [0.4, 0.5) is 0 Å². The number of pyridine rings is 1. The molecule has 3 nitrogen and oxygen atoms in total. The second-order valence-electron chi connectivity index (χ2n) is 5.27. The Hall–Kier alpha value is -2.94. The average Bonchev–Trinajstić information content (AvgIpc) is 2.97. The number of rotatable bonds is 2. The van der Waals surface area contributed by atoms with Gasteiger partial charge in [0.1, 0.15) is 11.6 Å². The topological polar surface area (TPSA) is 30.7 Å². The van der Waals surface area contributed by atoms with Crippen molar-refractivity contribution < 1.29 is 0 Å². The Bertz CT molecular complexity index is 925. The second-order valence-corrected chi connectivity index (χ2v) is 5.27. The molecule has 22 heavy (non-hydrogen) atoms. The van der Waals surface area contributed by atoms with Gasteiger partial charge in [-0.25, -0.2) is 9.97 Å². The van der Waals surface area contributed by atoms with Crippen LogP contribution in [0.5, 0.6) is 0 Å². The minimum absolute atomic E-state index is 0.884. The average molecular weight is 285 g/mol. The summed E-state index contributed by atoms with van der Waals surface area (Å²) in [6, 6.07) is 22.4. The molecule has 0 aliphatic carbocycles. The van der Waals surface area contributed by atoms with Crippen LogP contribution in [0.3, 0.4) is 0 Å². The number of nitrogens with zero attached hydrogens (tertiary/aromatic N) is 3. The van der Waals surface area contributed by atoms with E-state index in [2.05, 4.69) is 46.8 Å². The highest BCUT2D eigenvalue weighted by atomic mass is 15.1. The number of benzene rings is 2. The zero-order valence-corrected chi connectivity index (χ0v) is 12.3. The molecule has 0 unspecified atom stereocenters. The van der Waals surface area contributed by atoms with Gasteiger partial charge >= 0.3 is 0 Å². The Kier molecular flexibility index (Phi) is 2.97. The fraction of sp³-hybridized carbons (Fsp3) is 0.0526. The third kappa shape index (κ3) is 1.99. The van der Waals surface area contributed by atoms with Gasteiger partial charge in [0.25, 0.3) is 0 Å². The summed E-state index contributed by atoms with van der Waals surface area (Å²) < 4.78 is 2.12. The van der Waals surface area contributed by atoms with Gasteiger partial charge in [0, 0.05) is 11.8 Å². The Morgan fingerprint density at radius 1 is 0.818 bits per heavy atom. The van der Waals surface area contributed by atoms with Crippen LogP contribution in [0.15, 0.2) is 72.9 Å². The number of hydrogen-bond acceptors (Lipinski definition) is 2. The first-order valence-electron chi connectivity index (χ1n) is 7.29. The lowest BCUT2D eigenvalue weighted by Crippen LogP contribution is -1.99. The highest BCUT2D eigenvalue weighted by Crippen LogP contribution is 2.29. The van der Waals surface area contributed by atoms with Gasteiger partial charge in [0.05, 0.1) is 11.0 Å². The van der Waals surface area contributed by atoms with Gasteiger partial charge in [-0.1, -0.05) is 48.5 Å². The molecule has 2 aromatic heterocycles. The number of aromatic nitrogens is 3. The molecular formula is C19H15N3. The van der Waals surface area contributed by atoms with Gasteiger partial charge in [0.15, 0.2) is 0 Å². The number of imidazole rings is 1. The molecule has 3 heteroatoms. The highest BCUT2D eigenvalue weighted by molar-refractivity contribution is 5.85. The van der Waals surface area contributed by atoms with E-state index in [9.17, 15) is 0 Å². The summed E-state index contributed by atoms with van der Waals surface area (Å²) in [7, 11) is 0. The molecule has 4 aromatic rings. The maximum atomic E-state index is 4.88. The molecular weight excluding hydrogens is 270 g/mol. The van der Waals surface area contributed by atoms with Gasteiger partial charge in [-0.3, -0.25) is 4.57 Å². The minimum atomic E-state index is 0.884. The van der Waals surface area contributed by atoms with Crippen molar-refractivity contribution in [2.24, 2.45) is 0 Å². The van der Waals surface area contributed by atoms with E-state index in [1.165, 1.54) is 5.56 Å². The second kappa shape index (κ2) is 5.11. The SMILES string of the molecule is Cc1cccc2c1nc(-c1ccccc1)n2-c1ccccn1. The predicted octanol–water partition coefficient (Wildman–Crippen LogP) is 4.40. The van der Waals surface area contributed by atoms with Gasteiger partial charge < -0.3 is 0 Å². The first-order chi connectivity index (χ1) is 10.8. The maximum absolute atomic E-state index is 4.88. The molecule has 4 rings (SSSR count). The van der Waals surface area contributed by atoms with E-state index in [4.69, 9.17) is 4.98 Å². The van der Waals surface area contributed by atoms with Crippen LogP contribution >= 0.6 is 0 Å². The summed E-state index contributed by atoms with van der Waals surface area (Å²) in [5.74, 6) is 1.80. The maximum Gasteiger partial charge on any atom is 0.146 e. The third-order valence-corrected chi connectivity index (χ3v) is 3.80. The molecule has 0 fully saturated rings. The molecule has 0 bridgehead atoms. The number of hydrogen-bond donors (Lipinski definition) is 0. The Labute approximate surface area is 128 Å². The van der Waals surface area contributed by atoms with Crippen molar-refractivity contribution >= 4 is 11.0 Å². The molecule has 0 saturated carbocycles. The van der Waals surface area contributed by atoms with Crippen LogP contribution in [0.1, 0.15) is 5.56 Å². The van der Waals surface area contributed by atoms with Crippen LogP contribution in [-0.2, 0) is 0 Å². The first-order valence-corrected chi connectivity index (χ1v) is 7.29.